The number of phenols is 1. The summed E-state index contributed by atoms with van der Waals surface area (Å²) in [5.41, 5.74) is 6.81. The number of aromatic nitrogens is 2. The Kier molecular flexibility index (Phi) is 6.20. The zero-order chi connectivity index (χ0) is 25.9. The highest BCUT2D eigenvalue weighted by Gasteiger charge is 2.28. The van der Waals surface area contributed by atoms with Gasteiger partial charge in [-0.2, -0.15) is 0 Å². The van der Waals surface area contributed by atoms with Crippen LogP contribution in [0, 0.1) is 0 Å². The van der Waals surface area contributed by atoms with Crippen molar-refractivity contribution < 1.29 is 5.11 Å². The van der Waals surface area contributed by atoms with Gasteiger partial charge in [-0.25, -0.2) is 4.98 Å². The van der Waals surface area contributed by atoms with Crippen LogP contribution < -0.4 is 0 Å². The largest absolute Gasteiger partial charge is 0.507 e. The molecule has 0 aliphatic carbocycles. The minimum absolute atomic E-state index is 0.0717. The van der Waals surface area contributed by atoms with Gasteiger partial charge in [-0.1, -0.05) is 86.6 Å². The Balaban J connectivity index is 2.09. The van der Waals surface area contributed by atoms with Gasteiger partial charge < -0.3 is 5.11 Å². The average molecular weight is 534 g/mol. The van der Waals surface area contributed by atoms with Crippen molar-refractivity contribution in [3.63, 3.8) is 0 Å². The molecule has 0 aliphatic heterocycles. The molecule has 0 aliphatic rings. The van der Waals surface area contributed by atoms with E-state index in [1.807, 2.05) is 12.1 Å². The lowest BCUT2D eigenvalue weighted by Crippen LogP contribution is -2.17. The maximum atomic E-state index is 11.6. The second-order valence-corrected chi connectivity index (χ2v) is 13.4. The van der Waals surface area contributed by atoms with Crippen LogP contribution in [0.15, 0.2) is 59.1 Å². The standard InChI is InChI=1S/C31H37BrN2O/c1-29(2,3)19-13-15-21(16-14-19)34-25-12-10-11-24(32)26(25)33-28(34)22-17-20(30(4,5)6)18-23(27(22)35)31(7,8)9/h10-18,35H,1-9H3. The Morgan fingerprint density at radius 3 is 1.89 bits per heavy atom. The summed E-state index contributed by atoms with van der Waals surface area (Å²) in [7, 11) is 0. The number of para-hydroxylation sites is 1. The van der Waals surface area contributed by atoms with Crippen molar-refractivity contribution in [2.75, 3.05) is 0 Å². The van der Waals surface area contributed by atoms with Crippen LogP contribution in [0.2, 0.25) is 0 Å². The van der Waals surface area contributed by atoms with E-state index in [9.17, 15) is 5.11 Å². The van der Waals surface area contributed by atoms with E-state index < -0.39 is 0 Å². The summed E-state index contributed by atoms with van der Waals surface area (Å²) in [5.74, 6) is 1.04. The molecule has 35 heavy (non-hydrogen) atoms. The summed E-state index contributed by atoms with van der Waals surface area (Å²) in [4.78, 5) is 5.09. The first-order valence-electron chi connectivity index (χ1n) is 12.3. The molecule has 0 saturated carbocycles. The van der Waals surface area contributed by atoms with Crippen LogP contribution in [0.3, 0.4) is 0 Å². The van der Waals surface area contributed by atoms with Gasteiger partial charge in [0.15, 0.2) is 0 Å². The molecular weight excluding hydrogens is 496 g/mol. The Morgan fingerprint density at radius 1 is 0.743 bits per heavy atom. The first kappa shape index (κ1) is 25.5. The first-order chi connectivity index (χ1) is 16.1. The molecule has 1 N–H and O–H groups in total. The minimum atomic E-state index is -0.216. The fraction of sp³-hybridized carbons (Fsp3) is 0.387. The first-order valence-corrected chi connectivity index (χ1v) is 13.0. The maximum Gasteiger partial charge on any atom is 0.149 e. The third-order valence-corrected chi connectivity index (χ3v) is 7.29. The van der Waals surface area contributed by atoms with E-state index >= 15 is 0 Å². The van der Waals surface area contributed by atoms with Crippen LogP contribution in [0.5, 0.6) is 5.75 Å². The summed E-state index contributed by atoms with van der Waals surface area (Å²) < 4.78 is 3.10. The smallest absolute Gasteiger partial charge is 0.149 e. The molecule has 0 unspecified atom stereocenters. The normalized spacial score (nSPS) is 13.0. The molecule has 0 saturated heterocycles. The molecule has 0 bridgehead atoms. The Bertz CT molecular complexity index is 1390. The molecule has 0 atom stereocenters. The molecule has 4 heteroatoms. The van der Waals surface area contributed by atoms with Crippen LogP contribution in [0.4, 0.5) is 0 Å². The SMILES string of the molecule is CC(C)(C)c1ccc(-n2c(-c3cc(C(C)(C)C)cc(C(C)(C)C)c3O)nc3c(Br)cccc32)cc1. The van der Waals surface area contributed by atoms with Gasteiger partial charge >= 0.3 is 0 Å². The summed E-state index contributed by atoms with van der Waals surface area (Å²) in [6, 6.07) is 19.1. The van der Waals surface area contributed by atoms with E-state index in [0.29, 0.717) is 5.75 Å². The molecule has 0 radical (unpaired) electrons. The van der Waals surface area contributed by atoms with E-state index in [2.05, 4.69) is 125 Å². The fourth-order valence-corrected chi connectivity index (χ4v) is 4.87. The molecule has 0 fully saturated rings. The van der Waals surface area contributed by atoms with E-state index in [-0.39, 0.29) is 16.2 Å². The number of benzene rings is 3. The third kappa shape index (κ3) is 4.78. The van der Waals surface area contributed by atoms with Crippen molar-refractivity contribution >= 4 is 27.0 Å². The molecule has 3 aromatic carbocycles. The topological polar surface area (TPSA) is 38.0 Å². The Hall–Kier alpha value is -2.59. The number of imidazole rings is 1. The number of halogens is 1. The van der Waals surface area contributed by atoms with E-state index in [0.717, 1.165) is 38.1 Å². The van der Waals surface area contributed by atoms with Gasteiger partial charge in [0.2, 0.25) is 0 Å². The Labute approximate surface area is 218 Å². The van der Waals surface area contributed by atoms with Crippen molar-refractivity contribution in [1.29, 1.82) is 0 Å². The van der Waals surface area contributed by atoms with Crippen molar-refractivity contribution in [1.82, 2.24) is 9.55 Å². The highest BCUT2D eigenvalue weighted by atomic mass is 79.9. The molecule has 1 heterocycles. The summed E-state index contributed by atoms with van der Waals surface area (Å²) >= 11 is 3.70. The summed E-state index contributed by atoms with van der Waals surface area (Å²) in [6.45, 7) is 19.7. The third-order valence-electron chi connectivity index (χ3n) is 6.65. The van der Waals surface area contributed by atoms with Gasteiger partial charge in [0.1, 0.15) is 17.1 Å². The van der Waals surface area contributed by atoms with Crippen LogP contribution in [-0.4, -0.2) is 14.7 Å². The number of hydrogen-bond acceptors (Lipinski definition) is 2. The van der Waals surface area contributed by atoms with Crippen molar-refractivity contribution in [3.05, 3.63) is 75.8 Å². The minimum Gasteiger partial charge on any atom is -0.507 e. The van der Waals surface area contributed by atoms with Gasteiger partial charge in [0.25, 0.3) is 0 Å². The lowest BCUT2D eigenvalue weighted by Gasteiger charge is -2.27. The molecule has 1 aromatic heterocycles. The van der Waals surface area contributed by atoms with Crippen molar-refractivity contribution in [2.45, 2.75) is 78.6 Å². The van der Waals surface area contributed by atoms with Crippen molar-refractivity contribution in [3.8, 4) is 22.8 Å². The zero-order valence-corrected chi connectivity index (χ0v) is 24.0. The average Bonchev–Trinajstić information content (AvgIpc) is 3.12. The van der Waals surface area contributed by atoms with Crippen LogP contribution >= 0.6 is 15.9 Å². The number of nitrogens with zero attached hydrogens (tertiary/aromatic N) is 2. The van der Waals surface area contributed by atoms with Gasteiger partial charge in [-0.15, -0.1) is 0 Å². The molecule has 3 nitrogen and oxygen atoms in total. The zero-order valence-electron chi connectivity index (χ0n) is 22.4. The molecule has 0 amide bonds. The number of fused-ring (bicyclic) bond motifs is 1. The van der Waals surface area contributed by atoms with Gasteiger partial charge in [-0.05, 0) is 73.6 Å². The van der Waals surface area contributed by atoms with Gasteiger partial charge in [0.05, 0.1) is 11.1 Å². The monoisotopic (exact) mass is 532 g/mol. The van der Waals surface area contributed by atoms with Crippen LogP contribution in [0.1, 0.15) is 79.0 Å². The molecule has 4 aromatic rings. The van der Waals surface area contributed by atoms with Gasteiger partial charge in [0, 0.05) is 15.7 Å². The molecule has 4 rings (SSSR count). The Morgan fingerprint density at radius 2 is 1.34 bits per heavy atom. The quantitative estimate of drug-likeness (QED) is 0.279. The predicted molar refractivity (Wildman–Crippen MR) is 152 cm³/mol. The van der Waals surface area contributed by atoms with Crippen LogP contribution in [0.25, 0.3) is 28.1 Å². The van der Waals surface area contributed by atoms with Crippen molar-refractivity contribution in [2.24, 2.45) is 0 Å². The molecule has 184 valence electrons. The highest BCUT2D eigenvalue weighted by Crippen LogP contribution is 2.43. The maximum absolute atomic E-state index is 11.6. The summed E-state index contributed by atoms with van der Waals surface area (Å²) in [6.07, 6.45) is 0. The second kappa shape index (κ2) is 8.51. The summed E-state index contributed by atoms with van der Waals surface area (Å²) in [5, 5.41) is 11.6. The number of hydrogen-bond donors (Lipinski definition) is 1. The van der Waals surface area contributed by atoms with Crippen LogP contribution in [-0.2, 0) is 16.2 Å². The van der Waals surface area contributed by atoms with Gasteiger partial charge in [-0.3, -0.25) is 4.57 Å². The predicted octanol–water partition coefficient (Wildman–Crippen LogP) is 9.05. The molecular formula is C31H37BrN2O. The number of aromatic hydroxyl groups is 1. The van der Waals surface area contributed by atoms with E-state index in [1.54, 1.807) is 0 Å². The van der Waals surface area contributed by atoms with E-state index in [1.165, 1.54) is 11.1 Å². The number of phenolic OH excluding ortho intramolecular Hbond substituents is 1. The second-order valence-electron chi connectivity index (χ2n) is 12.6. The fourth-order valence-electron chi connectivity index (χ4n) is 4.43. The lowest BCUT2D eigenvalue weighted by atomic mass is 9.79. The lowest BCUT2D eigenvalue weighted by molar-refractivity contribution is 0.446. The number of rotatable bonds is 2. The van der Waals surface area contributed by atoms with E-state index in [4.69, 9.17) is 4.98 Å². The highest BCUT2D eigenvalue weighted by molar-refractivity contribution is 9.10. The molecule has 0 spiro atoms.